The first-order chi connectivity index (χ1) is 8.99. The van der Waals surface area contributed by atoms with Gasteiger partial charge in [-0.25, -0.2) is 4.68 Å². The van der Waals surface area contributed by atoms with Crippen molar-refractivity contribution in [2.75, 3.05) is 0 Å². The standard InChI is InChI=1S/C15H20ClN3/c1-10(2)17-9-13-6-5-7-14(16)15(13)19-12(4)8-11(3)18-19/h5-8,10,17H,9H2,1-4H3. The minimum Gasteiger partial charge on any atom is -0.310 e. The number of aromatic nitrogens is 2. The summed E-state index contributed by atoms with van der Waals surface area (Å²) < 4.78 is 1.93. The van der Waals surface area contributed by atoms with Crippen LogP contribution in [0.5, 0.6) is 0 Å². The van der Waals surface area contributed by atoms with Crippen molar-refractivity contribution in [2.24, 2.45) is 0 Å². The van der Waals surface area contributed by atoms with Crippen LogP contribution in [0.4, 0.5) is 0 Å². The van der Waals surface area contributed by atoms with Gasteiger partial charge in [0, 0.05) is 18.3 Å². The highest BCUT2D eigenvalue weighted by Crippen LogP contribution is 2.25. The summed E-state index contributed by atoms with van der Waals surface area (Å²) in [6.07, 6.45) is 0. The summed E-state index contributed by atoms with van der Waals surface area (Å²) in [5, 5.41) is 8.69. The maximum Gasteiger partial charge on any atom is 0.0879 e. The average Bonchev–Trinajstić information content (AvgIpc) is 2.65. The first kappa shape index (κ1) is 14.1. The molecule has 0 unspecified atom stereocenters. The zero-order valence-corrected chi connectivity index (χ0v) is 12.6. The predicted octanol–water partition coefficient (Wildman–Crippen LogP) is 3.64. The van der Waals surface area contributed by atoms with Crippen molar-refractivity contribution in [3.8, 4) is 5.69 Å². The number of hydrogen-bond donors (Lipinski definition) is 1. The third-order valence-electron chi connectivity index (χ3n) is 2.99. The molecule has 0 aliphatic heterocycles. The van der Waals surface area contributed by atoms with E-state index in [-0.39, 0.29) is 0 Å². The van der Waals surface area contributed by atoms with Gasteiger partial charge in [-0.2, -0.15) is 5.10 Å². The first-order valence-electron chi connectivity index (χ1n) is 6.53. The molecular formula is C15H20ClN3. The summed E-state index contributed by atoms with van der Waals surface area (Å²) >= 11 is 6.37. The highest BCUT2D eigenvalue weighted by molar-refractivity contribution is 6.32. The first-order valence-corrected chi connectivity index (χ1v) is 6.91. The van der Waals surface area contributed by atoms with Crippen LogP contribution >= 0.6 is 11.6 Å². The van der Waals surface area contributed by atoms with Crippen LogP contribution in [0.1, 0.15) is 30.8 Å². The lowest BCUT2D eigenvalue weighted by Gasteiger charge is -2.15. The van der Waals surface area contributed by atoms with E-state index in [1.54, 1.807) is 0 Å². The monoisotopic (exact) mass is 277 g/mol. The second-order valence-electron chi connectivity index (χ2n) is 5.12. The fraction of sp³-hybridized carbons (Fsp3) is 0.400. The molecule has 0 aliphatic carbocycles. The molecule has 0 fully saturated rings. The highest BCUT2D eigenvalue weighted by atomic mass is 35.5. The number of rotatable bonds is 4. The van der Waals surface area contributed by atoms with Gasteiger partial charge in [0.05, 0.1) is 16.4 Å². The van der Waals surface area contributed by atoms with Gasteiger partial charge in [-0.3, -0.25) is 0 Å². The average molecular weight is 278 g/mol. The molecule has 0 saturated heterocycles. The van der Waals surface area contributed by atoms with Gasteiger partial charge in [0.15, 0.2) is 0 Å². The number of halogens is 1. The summed E-state index contributed by atoms with van der Waals surface area (Å²) in [5.41, 5.74) is 4.23. The predicted molar refractivity (Wildman–Crippen MR) is 80.0 cm³/mol. The molecule has 1 N–H and O–H groups in total. The van der Waals surface area contributed by atoms with Crippen molar-refractivity contribution < 1.29 is 0 Å². The van der Waals surface area contributed by atoms with Crippen LogP contribution in [-0.2, 0) is 6.54 Å². The maximum atomic E-state index is 6.37. The molecule has 0 bridgehead atoms. The molecule has 0 saturated carbocycles. The lowest BCUT2D eigenvalue weighted by atomic mass is 10.1. The summed E-state index contributed by atoms with van der Waals surface area (Å²) in [4.78, 5) is 0. The van der Waals surface area contributed by atoms with Crippen molar-refractivity contribution in [2.45, 2.75) is 40.3 Å². The molecule has 0 radical (unpaired) electrons. The van der Waals surface area contributed by atoms with Crippen LogP contribution in [0.3, 0.4) is 0 Å². The van der Waals surface area contributed by atoms with E-state index in [4.69, 9.17) is 11.6 Å². The van der Waals surface area contributed by atoms with Gasteiger partial charge in [0.25, 0.3) is 0 Å². The molecule has 0 amide bonds. The quantitative estimate of drug-likeness (QED) is 0.925. The number of hydrogen-bond acceptors (Lipinski definition) is 2. The zero-order chi connectivity index (χ0) is 14.0. The molecule has 0 spiro atoms. The fourth-order valence-corrected chi connectivity index (χ4v) is 2.38. The molecule has 1 aromatic heterocycles. The third-order valence-corrected chi connectivity index (χ3v) is 3.30. The molecule has 0 atom stereocenters. The fourth-order valence-electron chi connectivity index (χ4n) is 2.11. The molecule has 1 heterocycles. The Morgan fingerprint density at radius 1 is 1.32 bits per heavy atom. The number of nitrogens with one attached hydrogen (secondary N) is 1. The van der Waals surface area contributed by atoms with E-state index in [0.29, 0.717) is 6.04 Å². The summed E-state index contributed by atoms with van der Waals surface area (Å²) in [5.74, 6) is 0. The van der Waals surface area contributed by atoms with Gasteiger partial charge in [-0.1, -0.05) is 37.6 Å². The smallest absolute Gasteiger partial charge is 0.0879 e. The van der Waals surface area contributed by atoms with Gasteiger partial charge < -0.3 is 5.32 Å². The van der Waals surface area contributed by atoms with E-state index in [0.717, 1.165) is 34.2 Å². The SMILES string of the molecule is Cc1cc(C)n(-c2c(Cl)cccc2CNC(C)C)n1. The lowest BCUT2D eigenvalue weighted by molar-refractivity contribution is 0.586. The van der Waals surface area contributed by atoms with E-state index in [1.165, 1.54) is 0 Å². The third kappa shape index (κ3) is 3.17. The normalized spacial score (nSPS) is 11.3. The molecule has 0 aliphatic rings. The van der Waals surface area contributed by atoms with E-state index in [1.807, 2.05) is 30.7 Å². The Kier molecular flexibility index (Phi) is 4.27. The van der Waals surface area contributed by atoms with Crippen LogP contribution in [0.25, 0.3) is 5.69 Å². The largest absolute Gasteiger partial charge is 0.310 e. The van der Waals surface area contributed by atoms with E-state index < -0.39 is 0 Å². The van der Waals surface area contributed by atoms with Gasteiger partial charge in [0.2, 0.25) is 0 Å². The minimum atomic E-state index is 0.437. The van der Waals surface area contributed by atoms with Gasteiger partial charge >= 0.3 is 0 Å². The Balaban J connectivity index is 2.46. The Morgan fingerprint density at radius 2 is 2.05 bits per heavy atom. The van der Waals surface area contributed by atoms with Crippen molar-refractivity contribution in [1.82, 2.24) is 15.1 Å². The Labute approximate surface area is 119 Å². The van der Waals surface area contributed by atoms with Crippen molar-refractivity contribution in [1.29, 1.82) is 0 Å². The number of aryl methyl sites for hydroxylation is 2. The highest BCUT2D eigenvalue weighted by Gasteiger charge is 2.12. The molecule has 1 aromatic carbocycles. The molecule has 3 nitrogen and oxygen atoms in total. The Hall–Kier alpha value is -1.32. The maximum absolute atomic E-state index is 6.37. The molecule has 4 heteroatoms. The zero-order valence-electron chi connectivity index (χ0n) is 11.9. The molecule has 2 aromatic rings. The van der Waals surface area contributed by atoms with E-state index in [2.05, 4.69) is 36.4 Å². The number of nitrogens with zero attached hydrogens (tertiary/aromatic N) is 2. The van der Waals surface area contributed by atoms with Crippen molar-refractivity contribution >= 4 is 11.6 Å². The molecule has 19 heavy (non-hydrogen) atoms. The van der Waals surface area contributed by atoms with Crippen molar-refractivity contribution in [3.63, 3.8) is 0 Å². The minimum absolute atomic E-state index is 0.437. The van der Waals surface area contributed by atoms with Crippen LogP contribution in [0, 0.1) is 13.8 Å². The number of para-hydroxylation sites is 1. The van der Waals surface area contributed by atoms with Crippen LogP contribution in [0.2, 0.25) is 5.02 Å². The second-order valence-corrected chi connectivity index (χ2v) is 5.53. The molecule has 2 rings (SSSR count). The van der Waals surface area contributed by atoms with Crippen LogP contribution in [-0.4, -0.2) is 15.8 Å². The second kappa shape index (κ2) is 5.76. The number of benzene rings is 1. The van der Waals surface area contributed by atoms with Crippen molar-refractivity contribution in [3.05, 3.63) is 46.2 Å². The van der Waals surface area contributed by atoms with E-state index >= 15 is 0 Å². The van der Waals surface area contributed by atoms with Crippen LogP contribution in [0.15, 0.2) is 24.3 Å². The van der Waals surface area contributed by atoms with Gasteiger partial charge in [0.1, 0.15) is 0 Å². The van der Waals surface area contributed by atoms with Crippen LogP contribution < -0.4 is 5.32 Å². The van der Waals surface area contributed by atoms with Gasteiger partial charge in [-0.05, 0) is 31.5 Å². The summed E-state index contributed by atoms with van der Waals surface area (Å²) in [6, 6.07) is 8.48. The molecule has 102 valence electrons. The topological polar surface area (TPSA) is 29.9 Å². The Bertz CT molecular complexity index is 573. The van der Waals surface area contributed by atoms with Gasteiger partial charge in [-0.15, -0.1) is 0 Å². The summed E-state index contributed by atoms with van der Waals surface area (Å²) in [6.45, 7) is 9.09. The molecular weight excluding hydrogens is 258 g/mol. The Morgan fingerprint density at radius 3 is 2.63 bits per heavy atom. The lowest BCUT2D eigenvalue weighted by Crippen LogP contribution is -2.23. The van der Waals surface area contributed by atoms with E-state index in [9.17, 15) is 0 Å². The summed E-state index contributed by atoms with van der Waals surface area (Å²) in [7, 11) is 0.